The van der Waals surface area contributed by atoms with Crippen LogP contribution in [0.2, 0.25) is 0 Å². The van der Waals surface area contributed by atoms with E-state index in [4.69, 9.17) is 0 Å². The molecule has 0 amide bonds. The summed E-state index contributed by atoms with van der Waals surface area (Å²) in [6.45, 7) is 2.27. The second kappa shape index (κ2) is 4.95. The topological polar surface area (TPSA) is 3.24 Å². The Kier molecular flexibility index (Phi) is 3.16. The molecule has 92 valence electrons. The van der Waals surface area contributed by atoms with Gasteiger partial charge >= 0.3 is 0 Å². The first-order chi connectivity index (χ1) is 8.84. The lowest BCUT2D eigenvalue weighted by Gasteiger charge is -2.21. The van der Waals surface area contributed by atoms with Crippen LogP contribution in [0.5, 0.6) is 0 Å². The van der Waals surface area contributed by atoms with Gasteiger partial charge in [0, 0.05) is 19.0 Å². The van der Waals surface area contributed by atoms with Crippen molar-refractivity contribution in [2.24, 2.45) is 0 Å². The van der Waals surface area contributed by atoms with Gasteiger partial charge in [-0.25, -0.2) is 0 Å². The van der Waals surface area contributed by atoms with E-state index in [-0.39, 0.29) is 0 Å². The quantitative estimate of drug-likeness (QED) is 0.735. The number of hydrogen-bond acceptors (Lipinski definition) is 1. The van der Waals surface area contributed by atoms with Crippen molar-refractivity contribution in [1.29, 1.82) is 0 Å². The number of nitrogens with zero attached hydrogens (tertiary/aromatic N) is 1. The zero-order valence-electron chi connectivity index (χ0n) is 10.8. The second-order valence-electron chi connectivity index (χ2n) is 5.17. The minimum Gasteiger partial charge on any atom is -0.305 e. The first-order valence-electron chi connectivity index (χ1n) is 6.66. The third-order valence-corrected chi connectivity index (χ3v) is 3.89. The number of benzene rings is 2. The highest BCUT2D eigenvalue weighted by atomic mass is 15.1. The Labute approximate surface area is 109 Å². The van der Waals surface area contributed by atoms with Crippen molar-refractivity contribution in [3.05, 3.63) is 71.3 Å². The molecule has 0 bridgehead atoms. The van der Waals surface area contributed by atoms with Crippen molar-refractivity contribution in [2.45, 2.75) is 12.3 Å². The summed E-state index contributed by atoms with van der Waals surface area (Å²) in [5.74, 6) is 0.509. The first-order valence-corrected chi connectivity index (χ1v) is 6.66. The Morgan fingerprint density at radius 3 is 2.50 bits per heavy atom. The van der Waals surface area contributed by atoms with Crippen molar-refractivity contribution >= 4 is 0 Å². The Morgan fingerprint density at radius 1 is 0.944 bits per heavy atom. The van der Waals surface area contributed by atoms with Crippen molar-refractivity contribution < 1.29 is 0 Å². The standard InChI is InChI=1S/C17H19N/c1-18-12-11-15-9-5-6-10-16(15)17(13-18)14-7-3-2-4-8-14/h2-10,17H,11-13H2,1H3/t17-/m0/s1. The average molecular weight is 237 g/mol. The Balaban J connectivity index is 2.07. The maximum atomic E-state index is 2.44. The fourth-order valence-electron chi connectivity index (χ4n) is 2.88. The zero-order chi connectivity index (χ0) is 12.4. The van der Waals surface area contributed by atoms with Gasteiger partial charge in [-0.15, -0.1) is 0 Å². The molecular weight excluding hydrogens is 218 g/mol. The van der Waals surface area contributed by atoms with Gasteiger partial charge < -0.3 is 4.90 Å². The minimum absolute atomic E-state index is 0.509. The summed E-state index contributed by atoms with van der Waals surface area (Å²) in [6.07, 6.45) is 1.16. The molecule has 0 saturated carbocycles. The third kappa shape index (κ3) is 2.19. The molecule has 1 aliphatic heterocycles. The van der Waals surface area contributed by atoms with Gasteiger partial charge in [-0.05, 0) is 30.2 Å². The van der Waals surface area contributed by atoms with Gasteiger partial charge in [0.25, 0.3) is 0 Å². The van der Waals surface area contributed by atoms with E-state index in [1.165, 1.54) is 16.7 Å². The zero-order valence-corrected chi connectivity index (χ0v) is 10.8. The molecule has 2 aromatic carbocycles. The van der Waals surface area contributed by atoms with Crippen LogP contribution in [0.25, 0.3) is 0 Å². The molecule has 0 aliphatic carbocycles. The first kappa shape index (κ1) is 11.5. The lowest BCUT2D eigenvalue weighted by Crippen LogP contribution is -2.24. The Hall–Kier alpha value is -1.60. The van der Waals surface area contributed by atoms with Crippen LogP contribution in [0.15, 0.2) is 54.6 Å². The highest BCUT2D eigenvalue weighted by Crippen LogP contribution is 2.30. The molecule has 18 heavy (non-hydrogen) atoms. The highest BCUT2D eigenvalue weighted by Gasteiger charge is 2.21. The molecule has 0 unspecified atom stereocenters. The number of rotatable bonds is 1. The number of hydrogen-bond donors (Lipinski definition) is 0. The summed E-state index contributed by atoms with van der Waals surface area (Å²) in [4.78, 5) is 2.44. The maximum Gasteiger partial charge on any atom is 0.0219 e. The summed E-state index contributed by atoms with van der Waals surface area (Å²) in [5, 5.41) is 0. The predicted molar refractivity (Wildman–Crippen MR) is 75.9 cm³/mol. The van der Waals surface area contributed by atoms with Crippen LogP contribution in [0.3, 0.4) is 0 Å². The molecule has 0 fully saturated rings. The maximum absolute atomic E-state index is 2.44. The fraction of sp³-hybridized carbons (Fsp3) is 0.294. The van der Waals surface area contributed by atoms with E-state index in [9.17, 15) is 0 Å². The van der Waals surface area contributed by atoms with Crippen molar-refractivity contribution in [2.75, 3.05) is 20.1 Å². The summed E-state index contributed by atoms with van der Waals surface area (Å²) in [5.41, 5.74) is 4.45. The van der Waals surface area contributed by atoms with E-state index in [0.717, 1.165) is 19.5 Å². The summed E-state index contributed by atoms with van der Waals surface area (Å²) in [6, 6.07) is 19.8. The van der Waals surface area contributed by atoms with Gasteiger partial charge in [0.15, 0.2) is 0 Å². The van der Waals surface area contributed by atoms with E-state index < -0.39 is 0 Å². The fourth-order valence-corrected chi connectivity index (χ4v) is 2.88. The number of fused-ring (bicyclic) bond motifs is 1. The van der Waals surface area contributed by atoms with Gasteiger partial charge in [-0.1, -0.05) is 54.6 Å². The summed E-state index contributed by atoms with van der Waals surface area (Å²) >= 11 is 0. The highest BCUT2D eigenvalue weighted by molar-refractivity contribution is 5.39. The lowest BCUT2D eigenvalue weighted by atomic mass is 9.88. The van der Waals surface area contributed by atoms with E-state index >= 15 is 0 Å². The van der Waals surface area contributed by atoms with Crippen LogP contribution < -0.4 is 0 Å². The van der Waals surface area contributed by atoms with Crippen LogP contribution >= 0.6 is 0 Å². The van der Waals surface area contributed by atoms with Crippen molar-refractivity contribution in [1.82, 2.24) is 4.90 Å². The van der Waals surface area contributed by atoms with Crippen LogP contribution in [0.4, 0.5) is 0 Å². The molecular formula is C17H19N. The lowest BCUT2D eigenvalue weighted by molar-refractivity contribution is 0.338. The number of likely N-dealkylation sites (N-methyl/N-ethyl adjacent to an activating group) is 1. The average Bonchev–Trinajstić information content (AvgIpc) is 2.60. The molecule has 3 rings (SSSR count). The molecule has 0 spiro atoms. The SMILES string of the molecule is CN1CCc2ccccc2[C@H](c2ccccc2)C1. The third-order valence-electron chi connectivity index (χ3n) is 3.89. The molecule has 1 aliphatic rings. The van der Waals surface area contributed by atoms with E-state index in [0.29, 0.717) is 5.92 Å². The van der Waals surface area contributed by atoms with E-state index in [1.807, 2.05) is 0 Å². The van der Waals surface area contributed by atoms with Gasteiger partial charge in [-0.3, -0.25) is 0 Å². The Bertz CT molecular complexity index is 518. The van der Waals surface area contributed by atoms with Crippen molar-refractivity contribution in [3.63, 3.8) is 0 Å². The monoisotopic (exact) mass is 237 g/mol. The van der Waals surface area contributed by atoms with Crippen LogP contribution in [0.1, 0.15) is 22.6 Å². The summed E-state index contributed by atoms with van der Waals surface area (Å²) < 4.78 is 0. The largest absolute Gasteiger partial charge is 0.305 e. The molecule has 1 heterocycles. The van der Waals surface area contributed by atoms with Crippen molar-refractivity contribution in [3.8, 4) is 0 Å². The van der Waals surface area contributed by atoms with Crippen LogP contribution in [-0.2, 0) is 6.42 Å². The molecule has 2 aromatic rings. The molecule has 1 nitrogen and oxygen atoms in total. The minimum atomic E-state index is 0.509. The van der Waals surface area contributed by atoms with Gasteiger partial charge in [0.2, 0.25) is 0 Å². The molecule has 0 aromatic heterocycles. The second-order valence-corrected chi connectivity index (χ2v) is 5.17. The van der Waals surface area contributed by atoms with Gasteiger partial charge in [0.1, 0.15) is 0 Å². The van der Waals surface area contributed by atoms with E-state index in [2.05, 4.69) is 66.5 Å². The molecule has 0 radical (unpaired) electrons. The van der Waals surface area contributed by atoms with Gasteiger partial charge in [-0.2, -0.15) is 0 Å². The predicted octanol–water partition coefficient (Wildman–Crippen LogP) is 3.31. The smallest absolute Gasteiger partial charge is 0.0219 e. The van der Waals surface area contributed by atoms with Gasteiger partial charge in [0.05, 0.1) is 0 Å². The van der Waals surface area contributed by atoms with Crippen LogP contribution in [0, 0.1) is 0 Å². The summed E-state index contributed by atoms with van der Waals surface area (Å²) in [7, 11) is 2.22. The molecule has 1 heteroatoms. The van der Waals surface area contributed by atoms with Crippen LogP contribution in [-0.4, -0.2) is 25.0 Å². The molecule has 0 N–H and O–H groups in total. The normalized spacial score (nSPS) is 20.2. The molecule has 0 saturated heterocycles. The van der Waals surface area contributed by atoms with E-state index in [1.54, 1.807) is 0 Å². The molecule has 1 atom stereocenters. The Morgan fingerprint density at radius 2 is 1.67 bits per heavy atom.